The third-order valence-corrected chi connectivity index (χ3v) is 5.55. The third kappa shape index (κ3) is 3.62. The summed E-state index contributed by atoms with van der Waals surface area (Å²) in [5.74, 6) is 0.996. The van der Waals surface area contributed by atoms with E-state index in [9.17, 15) is 9.59 Å². The van der Waals surface area contributed by atoms with Gasteiger partial charge in [-0.25, -0.2) is 4.79 Å². The van der Waals surface area contributed by atoms with Gasteiger partial charge in [0.2, 0.25) is 6.79 Å². The molecule has 0 bridgehead atoms. The molecule has 2 heterocycles. The molecule has 0 saturated heterocycles. The molecule has 7 heteroatoms. The van der Waals surface area contributed by atoms with Crippen LogP contribution in [0.5, 0.6) is 11.5 Å². The minimum atomic E-state index is -0.357. The van der Waals surface area contributed by atoms with Crippen LogP contribution in [0.2, 0.25) is 0 Å². The van der Waals surface area contributed by atoms with Crippen molar-refractivity contribution in [1.29, 1.82) is 0 Å². The van der Waals surface area contributed by atoms with E-state index in [1.165, 1.54) is 0 Å². The van der Waals surface area contributed by atoms with Gasteiger partial charge in [0.15, 0.2) is 11.5 Å². The van der Waals surface area contributed by atoms with Crippen molar-refractivity contribution in [2.75, 3.05) is 18.7 Å². The van der Waals surface area contributed by atoms with E-state index in [-0.39, 0.29) is 24.8 Å². The lowest BCUT2D eigenvalue weighted by Gasteiger charge is -2.27. The average molecular weight is 430 g/mol. The summed E-state index contributed by atoms with van der Waals surface area (Å²) in [6, 6.07) is 20.4. The Morgan fingerprint density at radius 3 is 2.66 bits per heavy atom. The van der Waals surface area contributed by atoms with E-state index in [0.717, 1.165) is 16.8 Å². The lowest BCUT2D eigenvalue weighted by atomic mass is 10.1. The average Bonchev–Trinajstić information content (AvgIpc) is 3.38. The number of esters is 1. The predicted octanol–water partition coefficient (Wildman–Crippen LogP) is 4.36. The second-order valence-corrected chi connectivity index (χ2v) is 7.55. The predicted molar refractivity (Wildman–Crippen MR) is 118 cm³/mol. The Morgan fingerprint density at radius 2 is 1.84 bits per heavy atom. The Morgan fingerprint density at radius 1 is 1.06 bits per heavy atom. The number of anilines is 1. The van der Waals surface area contributed by atoms with E-state index in [1.807, 2.05) is 54.6 Å². The number of amides is 1. The molecule has 7 nitrogen and oxygen atoms in total. The summed E-state index contributed by atoms with van der Waals surface area (Å²) in [6.45, 7) is 2.72. The van der Waals surface area contributed by atoms with E-state index in [4.69, 9.17) is 14.2 Å². The van der Waals surface area contributed by atoms with Crippen LogP contribution in [0.3, 0.4) is 0 Å². The maximum Gasteiger partial charge on any atom is 0.338 e. The molecule has 0 spiro atoms. The highest BCUT2D eigenvalue weighted by Crippen LogP contribution is 2.37. The Labute approximate surface area is 185 Å². The molecule has 0 fully saturated rings. The molecule has 162 valence electrons. The number of fused-ring (bicyclic) bond motifs is 2. The summed E-state index contributed by atoms with van der Waals surface area (Å²) < 4.78 is 15.9. The molecule has 0 aromatic heterocycles. The monoisotopic (exact) mass is 430 g/mol. The summed E-state index contributed by atoms with van der Waals surface area (Å²) in [7, 11) is 0. The van der Waals surface area contributed by atoms with Crippen LogP contribution < -0.4 is 14.8 Å². The van der Waals surface area contributed by atoms with Gasteiger partial charge in [-0.2, -0.15) is 0 Å². The Kier molecular flexibility index (Phi) is 5.15. The number of benzene rings is 3. The Hall–Kier alpha value is -4.00. The fourth-order valence-corrected chi connectivity index (χ4v) is 4.00. The maximum absolute atomic E-state index is 13.2. The first-order valence-electron chi connectivity index (χ1n) is 10.5. The standard InChI is InChI=1S/C25H22N2O5/c1-2-30-25(29)17-8-10-18(11-9-17)26-23-19-5-3-4-6-20(19)24(28)27(23)14-16-7-12-21-22(13-16)32-15-31-21/h3-13,23,26H,2,14-15H2,1H3/t23-/m1/s1. The van der Waals surface area contributed by atoms with Crippen LogP contribution >= 0.6 is 0 Å². The molecule has 0 saturated carbocycles. The van der Waals surface area contributed by atoms with Gasteiger partial charge in [0.25, 0.3) is 5.91 Å². The van der Waals surface area contributed by atoms with E-state index < -0.39 is 0 Å². The molecular weight excluding hydrogens is 408 g/mol. The van der Waals surface area contributed by atoms with Crippen molar-refractivity contribution < 1.29 is 23.8 Å². The smallest absolute Gasteiger partial charge is 0.338 e. The van der Waals surface area contributed by atoms with E-state index in [0.29, 0.717) is 35.8 Å². The fourth-order valence-electron chi connectivity index (χ4n) is 4.00. The van der Waals surface area contributed by atoms with Crippen LogP contribution in [0, 0.1) is 0 Å². The van der Waals surface area contributed by atoms with Crippen LogP contribution in [-0.2, 0) is 11.3 Å². The number of rotatable bonds is 6. The number of hydrogen-bond acceptors (Lipinski definition) is 6. The highest BCUT2D eigenvalue weighted by Gasteiger charge is 2.36. The number of nitrogens with one attached hydrogen (secondary N) is 1. The fraction of sp³-hybridized carbons (Fsp3) is 0.200. The van der Waals surface area contributed by atoms with Crippen LogP contribution in [0.25, 0.3) is 0 Å². The molecule has 5 rings (SSSR count). The maximum atomic E-state index is 13.2. The van der Waals surface area contributed by atoms with Crippen molar-refractivity contribution in [1.82, 2.24) is 4.90 Å². The number of hydrogen-bond donors (Lipinski definition) is 1. The van der Waals surface area contributed by atoms with Gasteiger partial charge in [0, 0.05) is 23.4 Å². The lowest BCUT2D eigenvalue weighted by molar-refractivity contribution is 0.0526. The summed E-state index contributed by atoms with van der Waals surface area (Å²) in [5.41, 5.74) is 3.81. The van der Waals surface area contributed by atoms with Gasteiger partial charge in [-0.1, -0.05) is 24.3 Å². The quantitative estimate of drug-likeness (QED) is 0.586. The molecule has 0 radical (unpaired) electrons. The van der Waals surface area contributed by atoms with Crippen molar-refractivity contribution in [2.45, 2.75) is 19.6 Å². The molecule has 0 aliphatic carbocycles. The molecule has 2 aliphatic heterocycles. The first kappa shape index (κ1) is 19.9. The zero-order valence-corrected chi connectivity index (χ0v) is 17.5. The molecular formula is C25H22N2O5. The first-order chi connectivity index (χ1) is 15.6. The first-order valence-corrected chi connectivity index (χ1v) is 10.5. The second-order valence-electron chi connectivity index (χ2n) is 7.55. The summed E-state index contributed by atoms with van der Waals surface area (Å²) in [4.78, 5) is 26.9. The molecule has 1 atom stereocenters. The number of ether oxygens (including phenoxy) is 3. The largest absolute Gasteiger partial charge is 0.462 e. The van der Waals surface area contributed by atoms with Gasteiger partial charge in [-0.3, -0.25) is 4.79 Å². The van der Waals surface area contributed by atoms with Gasteiger partial charge in [0.1, 0.15) is 6.17 Å². The highest BCUT2D eigenvalue weighted by molar-refractivity contribution is 5.99. The van der Waals surface area contributed by atoms with Gasteiger partial charge in [-0.15, -0.1) is 0 Å². The normalized spacial score (nSPS) is 16.1. The number of nitrogens with zero attached hydrogens (tertiary/aromatic N) is 1. The van der Waals surface area contributed by atoms with E-state index in [2.05, 4.69) is 5.32 Å². The van der Waals surface area contributed by atoms with Gasteiger partial charge >= 0.3 is 5.97 Å². The van der Waals surface area contributed by atoms with Crippen LogP contribution in [0.15, 0.2) is 66.7 Å². The minimum Gasteiger partial charge on any atom is -0.462 e. The SMILES string of the molecule is CCOC(=O)c1ccc(N[C@H]2c3ccccc3C(=O)N2Cc2ccc3c(c2)OCO3)cc1. The van der Waals surface area contributed by atoms with E-state index >= 15 is 0 Å². The number of carbonyl (C=O) groups excluding carboxylic acids is 2. The van der Waals surface area contributed by atoms with Crippen molar-refractivity contribution in [2.24, 2.45) is 0 Å². The van der Waals surface area contributed by atoms with E-state index in [1.54, 1.807) is 24.0 Å². The molecule has 2 aliphatic rings. The summed E-state index contributed by atoms with van der Waals surface area (Å²) in [5, 5.41) is 3.45. The topological polar surface area (TPSA) is 77.1 Å². The van der Waals surface area contributed by atoms with Gasteiger partial charge in [0.05, 0.1) is 12.2 Å². The third-order valence-electron chi connectivity index (χ3n) is 5.55. The molecule has 1 amide bonds. The Balaban J connectivity index is 1.41. The van der Waals surface area contributed by atoms with Crippen molar-refractivity contribution in [3.05, 3.63) is 89.0 Å². The molecule has 3 aromatic rings. The molecule has 32 heavy (non-hydrogen) atoms. The summed E-state index contributed by atoms with van der Waals surface area (Å²) >= 11 is 0. The molecule has 1 N–H and O–H groups in total. The zero-order valence-electron chi connectivity index (χ0n) is 17.5. The van der Waals surface area contributed by atoms with Gasteiger partial charge in [-0.05, 0) is 55.0 Å². The van der Waals surface area contributed by atoms with Crippen molar-refractivity contribution >= 4 is 17.6 Å². The minimum absolute atomic E-state index is 0.0427. The summed E-state index contributed by atoms with van der Waals surface area (Å²) in [6.07, 6.45) is -0.349. The van der Waals surface area contributed by atoms with Crippen molar-refractivity contribution in [3.8, 4) is 11.5 Å². The highest BCUT2D eigenvalue weighted by atomic mass is 16.7. The number of carbonyl (C=O) groups is 2. The van der Waals surface area contributed by atoms with Crippen LogP contribution in [-0.4, -0.2) is 30.2 Å². The Bertz CT molecular complexity index is 1180. The van der Waals surface area contributed by atoms with Crippen molar-refractivity contribution in [3.63, 3.8) is 0 Å². The van der Waals surface area contributed by atoms with Crippen LogP contribution in [0.4, 0.5) is 5.69 Å². The second kappa shape index (κ2) is 8.26. The zero-order chi connectivity index (χ0) is 22.1. The van der Waals surface area contributed by atoms with Crippen LogP contribution in [0.1, 0.15) is 44.9 Å². The van der Waals surface area contributed by atoms with Gasteiger partial charge < -0.3 is 24.4 Å². The molecule has 3 aromatic carbocycles. The lowest BCUT2D eigenvalue weighted by Crippen LogP contribution is -2.31. The molecule has 0 unspecified atom stereocenters.